The Morgan fingerprint density at radius 3 is 1.62 bits per heavy atom. The Bertz CT molecular complexity index is 60.4. The third-order valence-electron chi connectivity index (χ3n) is 0.405. The Morgan fingerprint density at radius 2 is 1.38 bits per heavy atom. The van der Waals surface area contributed by atoms with Gasteiger partial charge >= 0.3 is 12.9 Å². The van der Waals surface area contributed by atoms with Crippen LogP contribution in [0.3, 0.4) is 0 Å². The van der Waals surface area contributed by atoms with Crippen molar-refractivity contribution in [3.63, 3.8) is 0 Å². The molecule has 0 aliphatic heterocycles. The lowest BCUT2D eigenvalue weighted by atomic mass is 10.8. The standard InChI is InChI=1S/C4H4O4/c5-3-7-1-2-8-4-6/h1-2H2. The predicted octanol–water partition coefficient (Wildman–Crippen LogP) is -0.846. The number of rotatable bonds is 5. The van der Waals surface area contributed by atoms with Gasteiger partial charge in [0.2, 0.25) is 0 Å². The molecule has 0 atom stereocenters. The molecular weight excluding hydrogens is 112 g/mol. The van der Waals surface area contributed by atoms with Crippen molar-refractivity contribution in [3.8, 4) is 0 Å². The van der Waals surface area contributed by atoms with E-state index in [4.69, 9.17) is 0 Å². The van der Waals surface area contributed by atoms with E-state index in [-0.39, 0.29) is 13.2 Å². The zero-order valence-electron chi connectivity index (χ0n) is 4.05. The second-order valence-electron chi connectivity index (χ2n) is 0.864. The molecule has 0 aromatic carbocycles. The van der Waals surface area contributed by atoms with E-state index in [1.807, 2.05) is 0 Å². The lowest BCUT2D eigenvalue weighted by Crippen LogP contribution is -2.00. The Kier molecular flexibility index (Phi) is 5.15. The quantitative estimate of drug-likeness (QED) is 0.439. The third kappa shape index (κ3) is 4.94. The van der Waals surface area contributed by atoms with Gasteiger partial charge in [-0.15, -0.1) is 0 Å². The van der Waals surface area contributed by atoms with E-state index in [0.29, 0.717) is 0 Å². The van der Waals surface area contributed by atoms with Crippen LogP contribution in [0.4, 0.5) is 0 Å². The molecule has 0 spiro atoms. The fraction of sp³-hybridized carbons (Fsp3) is 0.500. The van der Waals surface area contributed by atoms with E-state index in [2.05, 4.69) is 9.47 Å². The highest BCUT2D eigenvalue weighted by Crippen LogP contribution is 1.68. The van der Waals surface area contributed by atoms with Gasteiger partial charge in [0, 0.05) is 0 Å². The molecule has 0 unspecified atom stereocenters. The average molecular weight is 116 g/mol. The van der Waals surface area contributed by atoms with Gasteiger partial charge in [-0.1, -0.05) is 0 Å². The lowest BCUT2D eigenvalue weighted by Gasteiger charge is -1.91. The van der Waals surface area contributed by atoms with Gasteiger partial charge in [0.15, 0.2) is 0 Å². The van der Waals surface area contributed by atoms with Crippen molar-refractivity contribution in [1.29, 1.82) is 0 Å². The summed E-state index contributed by atoms with van der Waals surface area (Å²) in [4.78, 5) is 18.5. The first kappa shape index (κ1) is 6.94. The van der Waals surface area contributed by atoms with Gasteiger partial charge in [-0.25, -0.2) is 9.59 Å². The van der Waals surface area contributed by atoms with Crippen molar-refractivity contribution in [3.05, 3.63) is 0 Å². The van der Waals surface area contributed by atoms with E-state index in [0.717, 1.165) is 0 Å². The topological polar surface area (TPSA) is 52.6 Å². The molecule has 4 heteroatoms. The summed E-state index contributed by atoms with van der Waals surface area (Å²) >= 11 is 0. The highest BCUT2D eigenvalue weighted by atomic mass is 16.6. The highest BCUT2D eigenvalue weighted by Gasteiger charge is 1.83. The maximum Gasteiger partial charge on any atom is 0.417 e. The van der Waals surface area contributed by atoms with E-state index >= 15 is 0 Å². The van der Waals surface area contributed by atoms with Crippen LogP contribution < -0.4 is 0 Å². The molecule has 0 fully saturated rings. The first-order valence-corrected chi connectivity index (χ1v) is 1.89. The molecule has 0 rings (SSSR count). The van der Waals surface area contributed by atoms with Crippen molar-refractivity contribution in [2.45, 2.75) is 0 Å². The molecule has 4 nitrogen and oxygen atoms in total. The van der Waals surface area contributed by atoms with Gasteiger partial charge in [0.25, 0.3) is 0 Å². The van der Waals surface area contributed by atoms with Crippen LogP contribution in [-0.4, -0.2) is 26.2 Å². The Morgan fingerprint density at radius 1 is 1.00 bits per heavy atom. The monoisotopic (exact) mass is 116 g/mol. The second kappa shape index (κ2) is 5.94. The molecule has 8 heavy (non-hydrogen) atoms. The fourth-order valence-electron chi connectivity index (χ4n) is 0.167. The van der Waals surface area contributed by atoms with Crippen LogP contribution in [0.5, 0.6) is 0 Å². The van der Waals surface area contributed by atoms with Crippen LogP contribution in [0, 0.1) is 0 Å². The maximum absolute atomic E-state index is 9.27. The average Bonchev–Trinajstić information content (AvgIpc) is 1.81. The summed E-state index contributed by atoms with van der Waals surface area (Å²) in [5.74, 6) is 0. The molecule has 0 heterocycles. The lowest BCUT2D eigenvalue weighted by molar-refractivity contribution is 0.186. The third-order valence-corrected chi connectivity index (χ3v) is 0.405. The SMILES string of the molecule is O=[C]OCCO[C]=O. The molecule has 0 amide bonds. The second-order valence-corrected chi connectivity index (χ2v) is 0.864. The number of carbonyl (C=O) groups excluding carboxylic acids is 2. The molecule has 0 N–H and O–H groups in total. The van der Waals surface area contributed by atoms with Crippen LogP contribution in [0.15, 0.2) is 0 Å². The maximum atomic E-state index is 9.27. The van der Waals surface area contributed by atoms with Crippen LogP contribution >= 0.6 is 0 Å². The van der Waals surface area contributed by atoms with Crippen molar-refractivity contribution in [1.82, 2.24) is 0 Å². The van der Waals surface area contributed by atoms with E-state index in [1.165, 1.54) is 12.9 Å². The van der Waals surface area contributed by atoms with Crippen LogP contribution in [0.25, 0.3) is 0 Å². The molecule has 0 saturated heterocycles. The van der Waals surface area contributed by atoms with Crippen molar-refractivity contribution < 1.29 is 19.1 Å². The van der Waals surface area contributed by atoms with Crippen LogP contribution in [-0.2, 0) is 19.1 Å². The molecule has 0 aromatic rings. The summed E-state index contributed by atoms with van der Waals surface area (Å²) in [5.41, 5.74) is 0. The minimum absolute atomic E-state index is 0.0404. The molecule has 0 aliphatic rings. The van der Waals surface area contributed by atoms with Gasteiger partial charge in [0.1, 0.15) is 13.2 Å². The number of hydrogen-bond donors (Lipinski definition) is 0. The molecule has 0 bridgehead atoms. The van der Waals surface area contributed by atoms with Gasteiger partial charge in [-0.3, -0.25) is 0 Å². The van der Waals surface area contributed by atoms with Crippen LogP contribution in [0.2, 0.25) is 0 Å². The number of ether oxygens (including phenoxy) is 2. The first-order chi connectivity index (χ1) is 3.91. The summed E-state index contributed by atoms with van der Waals surface area (Å²) in [6.45, 7) is 2.41. The van der Waals surface area contributed by atoms with Gasteiger partial charge < -0.3 is 9.47 Å². The highest BCUT2D eigenvalue weighted by molar-refractivity contribution is 5.39. The van der Waals surface area contributed by atoms with E-state index in [9.17, 15) is 9.59 Å². The van der Waals surface area contributed by atoms with E-state index < -0.39 is 0 Å². The van der Waals surface area contributed by atoms with Crippen LogP contribution in [0.1, 0.15) is 0 Å². The summed E-state index contributed by atoms with van der Waals surface area (Å²) in [5, 5.41) is 0. The fourth-order valence-corrected chi connectivity index (χ4v) is 0.167. The van der Waals surface area contributed by atoms with Gasteiger partial charge in [-0.2, -0.15) is 0 Å². The molecule has 0 saturated carbocycles. The minimum Gasteiger partial charge on any atom is -0.454 e. The van der Waals surface area contributed by atoms with Crippen molar-refractivity contribution in [2.24, 2.45) is 0 Å². The summed E-state index contributed by atoms with van der Waals surface area (Å²) < 4.78 is 8.05. The Labute approximate surface area is 46.4 Å². The normalized spacial score (nSPS) is 7.50. The molecule has 44 valence electrons. The molecule has 0 aliphatic carbocycles. The predicted molar refractivity (Wildman–Crippen MR) is 23.3 cm³/mol. The van der Waals surface area contributed by atoms with Gasteiger partial charge in [-0.05, 0) is 0 Å². The van der Waals surface area contributed by atoms with Crippen molar-refractivity contribution in [2.75, 3.05) is 13.2 Å². The molecule has 2 radical (unpaired) electrons. The number of hydrogen-bond acceptors (Lipinski definition) is 4. The smallest absolute Gasteiger partial charge is 0.417 e. The molecule has 0 aromatic heterocycles. The minimum atomic E-state index is 0.0404. The summed E-state index contributed by atoms with van der Waals surface area (Å²) in [6.07, 6.45) is 0. The molecular formula is C4H4O4. The van der Waals surface area contributed by atoms with Gasteiger partial charge in [0.05, 0.1) is 0 Å². The Balaban J connectivity index is 2.71. The largest absolute Gasteiger partial charge is 0.454 e. The zero-order chi connectivity index (χ0) is 6.24. The van der Waals surface area contributed by atoms with Crippen molar-refractivity contribution >= 4 is 12.9 Å². The zero-order valence-corrected chi connectivity index (χ0v) is 4.05. The van der Waals surface area contributed by atoms with E-state index in [1.54, 1.807) is 0 Å². The Hall–Kier alpha value is -1.06. The first-order valence-electron chi connectivity index (χ1n) is 1.89. The summed E-state index contributed by atoms with van der Waals surface area (Å²) in [7, 11) is 0. The summed E-state index contributed by atoms with van der Waals surface area (Å²) in [6, 6.07) is 0.